The lowest BCUT2D eigenvalue weighted by atomic mass is 10.1. The Labute approximate surface area is 161 Å². The lowest BCUT2D eigenvalue weighted by molar-refractivity contribution is 0.0924. The maximum absolute atomic E-state index is 12.6. The van der Waals surface area contributed by atoms with Crippen molar-refractivity contribution in [2.45, 2.75) is 0 Å². The van der Waals surface area contributed by atoms with Crippen LogP contribution >= 0.6 is 0 Å². The average Bonchev–Trinajstić information content (AvgIpc) is 2.99. The smallest absolute Gasteiger partial charge is 0.266 e. The highest BCUT2D eigenvalue weighted by atomic mass is 16.5. The van der Waals surface area contributed by atoms with Crippen molar-refractivity contribution in [1.82, 2.24) is 0 Å². The summed E-state index contributed by atoms with van der Waals surface area (Å²) < 4.78 is 5.10. The zero-order valence-corrected chi connectivity index (χ0v) is 15.0. The van der Waals surface area contributed by atoms with Gasteiger partial charge in [-0.2, -0.15) is 0 Å². The zero-order valence-electron chi connectivity index (χ0n) is 15.0. The molecular formula is C22H16N2O4. The topological polar surface area (TPSA) is 75.7 Å². The first-order chi connectivity index (χ1) is 13.6. The molecule has 1 aliphatic rings. The van der Waals surface area contributed by atoms with E-state index in [9.17, 15) is 14.4 Å². The minimum atomic E-state index is -0.395. The third-order valence-corrected chi connectivity index (χ3v) is 4.51. The van der Waals surface area contributed by atoms with Crippen LogP contribution in [0.1, 0.15) is 31.1 Å². The molecule has 0 aromatic heterocycles. The standard InChI is InChI=1S/C22H16N2O4/c1-28-17-11-9-15(10-12-17)23-20(25)14-5-4-6-16(13-14)24-21(26)18-7-2-3-8-19(18)22(24)27/h2-13H,1H3,(H,23,25). The molecule has 0 atom stereocenters. The van der Waals surface area contributed by atoms with Gasteiger partial charge in [-0.05, 0) is 54.6 Å². The number of nitrogens with zero attached hydrogens (tertiary/aromatic N) is 1. The summed E-state index contributed by atoms with van der Waals surface area (Å²) in [5, 5.41) is 2.78. The molecule has 0 saturated heterocycles. The molecule has 1 aliphatic heterocycles. The molecule has 28 heavy (non-hydrogen) atoms. The number of benzene rings is 3. The lowest BCUT2D eigenvalue weighted by Gasteiger charge is -2.15. The Bertz CT molecular complexity index is 1050. The number of hydrogen-bond acceptors (Lipinski definition) is 4. The number of hydrogen-bond donors (Lipinski definition) is 1. The van der Waals surface area contributed by atoms with Gasteiger partial charge in [-0.1, -0.05) is 18.2 Å². The van der Waals surface area contributed by atoms with Crippen LogP contribution in [0.5, 0.6) is 5.75 Å². The number of nitrogens with one attached hydrogen (secondary N) is 1. The highest BCUT2D eigenvalue weighted by Crippen LogP contribution is 2.29. The van der Waals surface area contributed by atoms with Crippen LogP contribution in [0.2, 0.25) is 0 Å². The fourth-order valence-corrected chi connectivity index (χ4v) is 3.09. The van der Waals surface area contributed by atoms with E-state index in [1.165, 1.54) is 6.07 Å². The number of anilines is 2. The normalized spacial score (nSPS) is 12.7. The third kappa shape index (κ3) is 3.01. The Morgan fingerprint density at radius 2 is 1.50 bits per heavy atom. The quantitative estimate of drug-likeness (QED) is 0.708. The van der Waals surface area contributed by atoms with Gasteiger partial charge in [0, 0.05) is 11.3 Å². The highest BCUT2D eigenvalue weighted by molar-refractivity contribution is 6.34. The maximum atomic E-state index is 12.6. The molecule has 0 unspecified atom stereocenters. The number of methoxy groups -OCH3 is 1. The average molecular weight is 372 g/mol. The van der Waals surface area contributed by atoms with Gasteiger partial charge in [0.05, 0.1) is 23.9 Å². The Hall–Kier alpha value is -3.93. The molecule has 6 heteroatoms. The maximum Gasteiger partial charge on any atom is 0.266 e. The van der Waals surface area contributed by atoms with Gasteiger partial charge in [0.25, 0.3) is 17.7 Å². The van der Waals surface area contributed by atoms with Crippen LogP contribution in [0.3, 0.4) is 0 Å². The fraction of sp³-hybridized carbons (Fsp3) is 0.0455. The monoisotopic (exact) mass is 372 g/mol. The van der Waals surface area contributed by atoms with E-state index in [0.717, 1.165) is 4.90 Å². The zero-order chi connectivity index (χ0) is 19.7. The second kappa shape index (κ2) is 7.00. The summed E-state index contributed by atoms with van der Waals surface area (Å²) in [7, 11) is 1.57. The summed E-state index contributed by atoms with van der Waals surface area (Å²) in [6, 6.07) is 20.0. The molecule has 3 aromatic rings. The number of carbonyl (C=O) groups is 3. The number of imide groups is 1. The summed E-state index contributed by atoms with van der Waals surface area (Å²) in [4.78, 5) is 38.9. The third-order valence-electron chi connectivity index (χ3n) is 4.51. The van der Waals surface area contributed by atoms with E-state index < -0.39 is 11.8 Å². The van der Waals surface area contributed by atoms with Gasteiger partial charge >= 0.3 is 0 Å². The van der Waals surface area contributed by atoms with Crippen LogP contribution in [0, 0.1) is 0 Å². The van der Waals surface area contributed by atoms with Crippen LogP contribution in [0.15, 0.2) is 72.8 Å². The molecule has 4 rings (SSSR count). The van der Waals surface area contributed by atoms with Crippen molar-refractivity contribution in [1.29, 1.82) is 0 Å². The van der Waals surface area contributed by atoms with Crippen molar-refractivity contribution in [3.05, 3.63) is 89.5 Å². The molecule has 0 aliphatic carbocycles. The predicted molar refractivity (Wildman–Crippen MR) is 105 cm³/mol. The van der Waals surface area contributed by atoms with Gasteiger partial charge in [-0.3, -0.25) is 14.4 Å². The van der Waals surface area contributed by atoms with Crippen molar-refractivity contribution >= 4 is 29.1 Å². The number of amides is 3. The van der Waals surface area contributed by atoms with E-state index in [-0.39, 0.29) is 5.91 Å². The first-order valence-corrected chi connectivity index (χ1v) is 8.62. The molecule has 0 fully saturated rings. The summed E-state index contributed by atoms with van der Waals surface area (Å²) in [6.07, 6.45) is 0. The van der Waals surface area contributed by atoms with Gasteiger partial charge in [-0.15, -0.1) is 0 Å². The molecule has 3 aromatic carbocycles. The van der Waals surface area contributed by atoms with Gasteiger partial charge in [0.15, 0.2) is 0 Å². The summed E-state index contributed by atoms with van der Waals surface area (Å²) in [5.74, 6) is -0.448. The van der Waals surface area contributed by atoms with Crippen molar-refractivity contribution < 1.29 is 19.1 Å². The number of fused-ring (bicyclic) bond motifs is 1. The molecule has 138 valence electrons. The Balaban J connectivity index is 1.59. The molecule has 3 amide bonds. The van der Waals surface area contributed by atoms with E-state index in [0.29, 0.717) is 33.8 Å². The van der Waals surface area contributed by atoms with Gasteiger partial charge in [0.2, 0.25) is 0 Å². The molecule has 6 nitrogen and oxygen atoms in total. The van der Waals surface area contributed by atoms with Crippen molar-refractivity contribution in [2.24, 2.45) is 0 Å². The Kier molecular flexibility index (Phi) is 4.37. The van der Waals surface area contributed by atoms with Crippen LogP contribution in [-0.4, -0.2) is 24.8 Å². The molecular weight excluding hydrogens is 356 g/mol. The number of ether oxygens (including phenoxy) is 1. The van der Waals surface area contributed by atoms with Crippen LogP contribution in [-0.2, 0) is 0 Å². The largest absolute Gasteiger partial charge is 0.497 e. The lowest BCUT2D eigenvalue weighted by Crippen LogP contribution is -2.29. The second-order valence-electron chi connectivity index (χ2n) is 6.22. The summed E-state index contributed by atoms with van der Waals surface area (Å²) in [6.45, 7) is 0. The number of rotatable bonds is 4. The van der Waals surface area contributed by atoms with Crippen molar-refractivity contribution in [3.63, 3.8) is 0 Å². The Morgan fingerprint density at radius 3 is 2.11 bits per heavy atom. The Morgan fingerprint density at radius 1 is 0.857 bits per heavy atom. The fourth-order valence-electron chi connectivity index (χ4n) is 3.09. The van der Waals surface area contributed by atoms with Gasteiger partial charge in [-0.25, -0.2) is 4.90 Å². The molecule has 0 saturated carbocycles. The van der Waals surface area contributed by atoms with Crippen molar-refractivity contribution in [3.8, 4) is 5.75 Å². The molecule has 0 spiro atoms. The van der Waals surface area contributed by atoms with Crippen LogP contribution in [0.4, 0.5) is 11.4 Å². The molecule has 0 radical (unpaired) electrons. The summed E-state index contributed by atoms with van der Waals surface area (Å²) >= 11 is 0. The second-order valence-corrected chi connectivity index (χ2v) is 6.22. The minimum absolute atomic E-state index is 0.338. The first kappa shape index (κ1) is 17.5. The molecule has 0 bridgehead atoms. The van der Waals surface area contributed by atoms with E-state index in [1.54, 1.807) is 73.8 Å². The molecule has 1 heterocycles. The van der Waals surface area contributed by atoms with E-state index >= 15 is 0 Å². The predicted octanol–water partition coefficient (Wildman–Crippen LogP) is 3.75. The SMILES string of the molecule is COc1ccc(NC(=O)c2cccc(N3C(=O)c4ccccc4C3=O)c2)cc1. The van der Waals surface area contributed by atoms with E-state index in [4.69, 9.17) is 4.74 Å². The molecule has 1 N–H and O–H groups in total. The van der Waals surface area contributed by atoms with Gasteiger partial charge < -0.3 is 10.1 Å². The van der Waals surface area contributed by atoms with Crippen molar-refractivity contribution in [2.75, 3.05) is 17.3 Å². The van der Waals surface area contributed by atoms with Crippen LogP contribution in [0.25, 0.3) is 0 Å². The van der Waals surface area contributed by atoms with Crippen LogP contribution < -0.4 is 15.0 Å². The highest BCUT2D eigenvalue weighted by Gasteiger charge is 2.36. The van der Waals surface area contributed by atoms with E-state index in [1.807, 2.05) is 0 Å². The van der Waals surface area contributed by atoms with Gasteiger partial charge in [0.1, 0.15) is 5.75 Å². The van der Waals surface area contributed by atoms with E-state index in [2.05, 4.69) is 5.32 Å². The minimum Gasteiger partial charge on any atom is -0.497 e. The summed E-state index contributed by atoms with van der Waals surface area (Å²) in [5.41, 5.74) is 2.02. The first-order valence-electron chi connectivity index (χ1n) is 8.62. The number of carbonyl (C=O) groups excluding carboxylic acids is 3.